The first-order chi connectivity index (χ1) is 11.5. The van der Waals surface area contributed by atoms with Gasteiger partial charge in [0.05, 0.1) is 0 Å². The van der Waals surface area contributed by atoms with Crippen LogP contribution in [0.3, 0.4) is 0 Å². The van der Waals surface area contributed by atoms with Crippen molar-refractivity contribution in [1.82, 2.24) is 4.90 Å². The van der Waals surface area contributed by atoms with Gasteiger partial charge in [-0.05, 0) is 55.8 Å². The smallest absolute Gasteiger partial charge is 0.253 e. The van der Waals surface area contributed by atoms with Crippen LogP contribution < -0.4 is 4.74 Å². The Morgan fingerprint density at radius 3 is 2.21 bits per heavy atom. The molecule has 24 heavy (non-hydrogen) atoms. The average molecular weight is 331 g/mol. The maximum absolute atomic E-state index is 12.9. The molecular weight excluding hydrogens is 309 g/mol. The summed E-state index contributed by atoms with van der Waals surface area (Å²) in [6.07, 6.45) is -0.845. The Bertz CT molecular complexity index is 651. The molecule has 0 aliphatic rings. The van der Waals surface area contributed by atoms with Crippen LogP contribution in [-0.4, -0.2) is 35.6 Å². The Morgan fingerprint density at radius 2 is 1.67 bits per heavy atom. The van der Waals surface area contributed by atoms with E-state index in [1.807, 2.05) is 13.8 Å². The molecule has 1 N–H and O–H groups in total. The van der Waals surface area contributed by atoms with Crippen LogP contribution in [0.4, 0.5) is 4.39 Å². The predicted molar refractivity (Wildman–Crippen MR) is 90.5 cm³/mol. The Morgan fingerprint density at radius 1 is 1.08 bits per heavy atom. The summed E-state index contributed by atoms with van der Waals surface area (Å²) in [6, 6.07) is 12.5. The molecule has 1 amide bonds. The molecule has 2 rings (SSSR count). The number of benzene rings is 2. The van der Waals surface area contributed by atoms with Crippen molar-refractivity contribution in [1.29, 1.82) is 0 Å². The van der Waals surface area contributed by atoms with E-state index in [0.717, 1.165) is 0 Å². The fraction of sp³-hybridized carbons (Fsp3) is 0.316. The van der Waals surface area contributed by atoms with Crippen molar-refractivity contribution < 1.29 is 19.0 Å². The van der Waals surface area contributed by atoms with E-state index in [4.69, 9.17) is 4.74 Å². The van der Waals surface area contributed by atoms with Crippen molar-refractivity contribution in [3.05, 3.63) is 65.5 Å². The number of carbonyl (C=O) groups is 1. The summed E-state index contributed by atoms with van der Waals surface area (Å²) >= 11 is 0. The van der Waals surface area contributed by atoms with E-state index in [2.05, 4.69) is 0 Å². The number of ether oxygens (including phenoxy) is 1. The first-order valence-corrected chi connectivity index (χ1v) is 8.00. The highest BCUT2D eigenvalue weighted by Crippen LogP contribution is 2.18. The number of halogens is 1. The number of rotatable bonds is 7. The summed E-state index contributed by atoms with van der Waals surface area (Å²) in [4.78, 5) is 14.0. The van der Waals surface area contributed by atoms with Gasteiger partial charge in [0.15, 0.2) is 0 Å². The van der Waals surface area contributed by atoms with Gasteiger partial charge >= 0.3 is 0 Å². The minimum Gasteiger partial charge on any atom is -0.491 e. The molecule has 0 fully saturated rings. The highest BCUT2D eigenvalue weighted by molar-refractivity contribution is 5.94. The van der Waals surface area contributed by atoms with Gasteiger partial charge in [0.2, 0.25) is 0 Å². The lowest BCUT2D eigenvalue weighted by Crippen LogP contribution is -2.30. The van der Waals surface area contributed by atoms with Crippen molar-refractivity contribution >= 4 is 5.91 Å². The van der Waals surface area contributed by atoms with Gasteiger partial charge in [-0.15, -0.1) is 0 Å². The van der Waals surface area contributed by atoms with E-state index >= 15 is 0 Å². The molecule has 4 nitrogen and oxygen atoms in total. The van der Waals surface area contributed by atoms with Crippen LogP contribution in [0.15, 0.2) is 48.5 Å². The third-order valence-corrected chi connectivity index (χ3v) is 3.81. The normalized spacial score (nSPS) is 11.8. The van der Waals surface area contributed by atoms with Gasteiger partial charge in [-0.2, -0.15) is 0 Å². The highest BCUT2D eigenvalue weighted by atomic mass is 19.1. The first-order valence-electron chi connectivity index (χ1n) is 8.00. The SMILES string of the molecule is CCN(CC)C(=O)c1ccc(OCC(O)c2ccc(F)cc2)cc1. The average Bonchev–Trinajstić information content (AvgIpc) is 2.61. The largest absolute Gasteiger partial charge is 0.491 e. The second-order valence-electron chi connectivity index (χ2n) is 5.38. The minimum absolute atomic E-state index is 0.0158. The third kappa shape index (κ3) is 4.55. The molecule has 0 spiro atoms. The van der Waals surface area contributed by atoms with Gasteiger partial charge < -0.3 is 14.7 Å². The molecule has 128 valence electrons. The summed E-state index contributed by atoms with van der Waals surface area (Å²) in [7, 11) is 0. The number of aliphatic hydroxyl groups excluding tert-OH is 1. The highest BCUT2D eigenvalue weighted by Gasteiger charge is 2.13. The van der Waals surface area contributed by atoms with Gasteiger partial charge in [0.25, 0.3) is 5.91 Å². The van der Waals surface area contributed by atoms with E-state index in [0.29, 0.717) is 30.0 Å². The van der Waals surface area contributed by atoms with E-state index in [9.17, 15) is 14.3 Å². The molecule has 2 aromatic carbocycles. The number of aliphatic hydroxyl groups is 1. The van der Waals surface area contributed by atoms with Gasteiger partial charge in [-0.3, -0.25) is 4.79 Å². The van der Waals surface area contributed by atoms with Crippen LogP contribution >= 0.6 is 0 Å². The Hall–Kier alpha value is -2.40. The lowest BCUT2D eigenvalue weighted by Gasteiger charge is -2.18. The number of hydrogen-bond donors (Lipinski definition) is 1. The predicted octanol–water partition coefficient (Wildman–Crippen LogP) is 3.42. The zero-order valence-corrected chi connectivity index (χ0v) is 13.9. The van der Waals surface area contributed by atoms with E-state index in [1.165, 1.54) is 24.3 Å². The van der Waals surface area contributed by atoms with Crippen molar-refractivity contribution in [2.75, 3.05) is 19.7 Å². The number of hydrogen-bond acceptors (Lipinski definition) is 3. The van der Waals surface area contributed by atoms with Gasteiger partial charge in [0.1, 0.15) is 24.3 Å². The molecule has 0 radical (unpaired) electrons. The van der Waals surface area contributed by atoms with Gasteiger partial charge in [-0.1, -0.05) is 12.1 Å². The van der Waals surface area contributed by atoms with Crippen LogP contribution in [0.2, 0.25) is 0 Å². The zero-order valence-electron chi connectivity index (χ0n) is 13.9. The molecule has 1 atom stereocenters. The lowest BCUT2D eigenvalue weighted by atomic mass is 10.1. The van der Waals surface area contributed by atoms with Gasteiger partial charge in [-0.25, -0.2) is 4.39 Å². The molecule has 0 aliphatic heterocycles. The maximum atomic E-state index is 12.9. The first kappa shape index (κ1) is 17.9. The Labute approximate surface area is 141 Å². The summed E-state index contributed by atoms with van der Waals surface area (Å²) < 4.78 is 18.4. The number of nitrogens with zero attached hydrogens (tertiary/aromatic N) is 1. The van der Waals surface area contributed by atoms with Crippen LogP contribution in [0.5, 0.6) is 5.75 Å². The van der Waals surface area contributed by atoms with E-state index < -0.39 is 6.10 Å². The van der Waals surface area contributed by atoms with Gasteiger partial charge in [0, 0.05) is 18.7 Å². The number of amides is 1. The van der Waals surface area contributed by atoms with Crippen LogP contribution in [-0.2, 0) is 0 Å². The van der Waals surface area contributed by atoms with Crippen molar-refractivity contribution in [3.8, 4) is 5.75 Å². The van der Waals surface area contributed by atoms with E-state index in [1.54, 1.807) is 29.2 Å². The summed E-state index contributed by atoms with van der Waals surface area (Å²) in [5.41, 5.74) is 1.19. The fourth-order valence-electron chi connectivity index (χ4n) is 2.34. The standard InChI is InChI=1S/C19H22FNO3/c1-3-21(4-2)19(23)15-7-11-17(12-8-15)24-13-18(22)14-5-9-16(20)10-6-14/h5-12,18,22H,3-4,13H2,1-2H3. The molecule has 0 aliphatic carbocycles. The third-order valence-electron chi connectivity index (χ3n) is 3.81. The van der Waals surface area contributed by atoms with Crippen molar-refractivity contribution in [2.45, 2.75) is 20.0 Å². The molecule has 0 heterocycles. The summed E-state index contributed by atoms with van der Waals surface area (Å²) in [5.74, 6) is 0.200. The van der Waals surface area contributed by atoms with Crippen LogP contribution in [0.1, 0.15) is 35.9 Å². The molecule has 0 bridgehead atoms. The topological polar surface area (TPSA) is 49.8 Å². The molecule has 2 aromatic rings. The zero-order chi connectivity index (χ0) is 17.5. The summed E-state index contributed by atoms with van der Waals surface area (Å²) in [5, 5.41) is 10.0. The molecule has 5 heteroatoms. The van der Waals surface area contributed by atoms with Crippen molar-refractivity contribution in [3.63, 3.8) is 0 Å². The van der Waals surface area contributed by atoms with Crippen molar-refractivity contribution in [2.24, 2.45) is 0 Å². The molecule has 0 saturated heterocycles. The Balaban J connectivity index is 1.94. The lowest BCUT2D eigenvalue weighted by molar-refractivity contribution is 0.0772. The Kier molecular flexibility index (Phi) is 6.32. The fourth-order valence-corrected chi connectivity index (χ4v) is 2.34. The number of carbonyl (C=O) groups excluding carboxylic acids is 1. The second-order valence-corrected chi connectivity index (χ2v) is 5.38. The maximum Gasteiger partial charge on any atom is 0.253 e. The molecule has 1 unspecified atom stereocenters. The second kappa shape index (κ2) is 8.45. The quantitative estimate of drug-likeness (QED) is 0.846. The molecular formula is C19H22FNO3. The van der Waals surface area contributed by atoms with E-state index in [-0.39, 0.29) is 18.3 Å². The minimum atomic E-state index is -0.845. The summed E-state index contributed by atoms with van der Waals surface area (Å²) in [6.45, 7) is 5.26. The van der Waals surface area contributed by atoms with Crippen LogP contribution in [0.25, 0.3) is 0 Å². The monoisotopic (exact) mass is 331 g/mol. The molecule has 0 aromatic heterocycles. The molecule has 0 saturated carbocycles. The van der Waals surface area contributed by atoms with Crippen LogP contribution in [0, 0.1) is 5.82 Å².